The number of anilines is 1. The van der Waals surface area contributed by atoms with Gasteiger partial charge in [-0.15, -0.1) is 0 Å². The van der Waals surface area contributed by atoms with Crippen LogP contribution in [-0.2, 0) is 19.6 Å². The minimum atomic E-state index is -3.58. The fourth-order valence-electron chi connectivity index (χ4n) is 3.50. The van der Waals surface area contributed by atoms with Crippen LogP contribution in [0.5, 0.6) is 0 Å². The maximum absolute atomic E-state index is 12.9. The molecule has 1 atom stereocenters. The first-order chi connectivity index (χ1) is 12.5. The Labute approximate surface area is 155 Å². The molecule has 7 nitrogen and oxygen atoms in total. The van der Waals surface area contributed by atoms with Crippen LogP contribution in [0.1, 0.15) is 32.1 Å². The zero-order valence-corrected chi connectivity index (χ0v) is 15.9. The molecule has 2 fully saturated rings. The number of morpholine rings is 1. The van der Waals surface area contributed by atoms with Crippen molar-refractivity contribution < 1.29 is 17.9 Å². The lowest BCUT2D eigenvalue weighted by molar-refractivity contribution is -0.128. The fourth-order valence-corrected chi connectivity index (χ4v) is 4.96. The standard InChI is InChI=1S/C18H27N3O4S/c1-21(15-7-3-2-4-8-15)26(23,24)16-9-5-6-14(12-16)20-18(22)17-13-19-10-11-25-17/h5-6,9,12,15,17,19H,2-4,7-8,10-11,13H2,1H3,(H,20,22). The summed E-state index contributed by atoms with van der Waals surface area (Å²) in [5, 5.41) is 5.86. The van der Waals surface area contributed by atoms with E-state index in [1.807, 2.05) is 0 Å². The summed E-state index contributed by atoms with van der Waals surface area (Å²) < 4.78 is 32.8. The van der Waals surface area contributed by atoms with E-state index in [0.717, 1.165) is 32.2 Å². The Balaban J connectivity index is 1.72. The lowest BCUT2D eigenvalue weighted by atomic mass is 9.96. The monoisotopic (exact) mass is 381 g/mol. The molecule has 0 aromatic heterocycles. The van der Waals surface area contributed by atoms with E-state index in [1.165, 1.54) is 16.8 Å². The van der Waals surface area contributed by atoms with Crippen molar-refractivity contribution >= 4 is 21.6 Å². The maximum Gasteiger partial charge on any atom is 0.254 e. The van der Waals surface area contributed by atoms with E-state index in [2.05, 4.69) is 10.6 Å². The van der Waals surface area contributed by atoms with Crippen molar-refractivity contribution in [1.29, 1.82) is 0 Å². The zero-order valence-electron chi connectivity index (χ0n) is 15.1. The van der Waals surface area contributed by atoms with Gasteiger partial charge in [0.05, 0.1) is 11.5 Å². The fraction of sp³-hybridized carbons (Fsp3) is 0.611. The number of rotatable bonds is 5. The summed E-state index contributed by atoms with van der Waals surface area (Å²) in [6, 6.07) is 6.48. The Morgan fingerprint density at radius 2 is 2.04 bits per heavy atom. The first-order valence-electron chi connectivity index (χ1n) is 9.20. The predicted octanol–water partition coefficient (Wildman–Crippen LogP) is 1.57. The molecule has 0 radical (unpaired) electrons. The number of nitrogens with zero attached hydrogens (tertiary/aromatic N) is 1. The van der Waals surface area contributed by atoms with E-state index >= 15 is 0 Å². The third-order valence-electron chi connectivity index (χ3n) is 5.09. The van der Waals surface area contributed by atoms with Gasteiger partial charge in [-0.25, -0.2) is 8.42 Å². The molecule has 1 heterocycles. The number of nitrogens with one attached hydrogen (secondary N) is 2. The molecular formula is C18H27N3O4S. The molecule has 144 valence electrons. The Bertz CT molecular complexity index is 726. The van der Waals surface area contributed by atoms with Crippen molar-refractivity contribution in [2.24, 2.45) is 0 Å². The minimum Gasteiger partial charge on any atom is -0.366 e. The Hall–Kier alpha value is -1.48. The molecule has 0 bridgehead atoms. The van der Waals surface area contributed by atoms with Crippen LogP contribution in [-0.4, -0.2) is 57.5 Å². The summed E-state index contributed by atoms with van der Waals surface area (Å²) in [5.74, 6) is -0.271. The summed E-state index contributed by atoms with van der Waals surface area (Å²) in [6.45, 7) is 1.66. The van der Waals surface area contributed by atoms with Gasteiger partial charge in [0.1, 0.15) is 6.10 Å². The van der Waals surface area contributed by atoms with Crippen LogP contribution >= 0.6 is 0 Å². The molecule has 1 unspecified atom stereocenters. The molecule has 1 amide bonds. The normalized spacial score (nSPS) is 22.3. The van der Waals surface area contributed by atoms with E-state index < -0.39 is 16.1 Å². The molecule has 1 aromatic rings. The number of hydrogen-bond donors (Lipinski definition) is 2. The molecule has 2 aliphatic rings. The lowest BCUT2D eigenvalue weighted by Crippen LogP contribution is -2.45. The molecule has 0 spiro atoms. The van der Waals surface area contributed by atoms with Gasteiger partial charge in [-0.1, -0.05) is 25.3 Å². The average Bonchev–Trinajstić information content (AvgIpc) is 2.69. The molecule has 1 aliphatic carbocycles. The smallest absolute Gasteiger partial charge is 0.254 e. The van der Waals surface area contributed by atoms with E-state index in [9.17, 15) is 13.2 Å². The molecule has 3 rings (SSSR count). The van der Waals surface area contributed by atoms with Crippen molar-refractivity contribution in [2.45, 2.75) is 49.1 Å². The summed E-state index contributed by atoms with van der Waals surface area (Å²) in [6.07, 6.45) is 4.54. The highest BCUT2D eigenvalue weighted by Crippen LogP contribution is 2.27. The number of carbonyl (C=O) groups excluding carboxylic acids is 1. The molecule has 2 N–H and O–H groups in total. The van der Waals surface area contributed by atoms with Crippen molar-refractivity contribution in [2.75, 3.05) is 32.1 Å². The van der Waals surface area contributed by atoms with Gasteiger partial charge in [0.15, 0.2) is 0 Å². The van der Waals surface area contributed by atoms with Crippen molar-refractivity contribution in [3.05, 3.63) is 24.3 Å². The largest absolute Gasteiger partial charge is 0.366 e. The summed E-state index contributed by atoms with van der Waals surface area (Å²) in [5.41, 5.74) is 0.460. The molecule has 1 aromatic carbocycles. The Morgan fingerprint density at radius 1 is 1.27 bits per heavy atom. The predicted molar refractivity (Wildman–Crippen MR) is 99.5 cm³/mol. The van der Waals surface area contributed by atoms with Gasteiger partial charge in [-0.3, -0.25) is 4.79 Å². The topological polar surface area (TPSA) is 87.7 Å². The average molecular weight is 381 g/mol. The first-order valence-corrected chi connectivity index (χ1v) is 10.6. The first kappa shape index (κ1) is 19.3. The van der Waals surface area contributed by atoms with Crippen LogP contribution in [0.4, 0.5) is 5.69 Å². The molecule has 1 saturated heterocycles. The second-order valence-corrected chi connectivity index (χ2v) is 8.89. The Kier molecular flexibility index (Phi) is 6.29. The zero-order chi connectivity index (χ0) is 18.6. The molecule has 1 aliphatic heterocycles. The molecule has 26 heavy (non-hydrogen) atoms. The van der Waals surface area contributed by atoms with Gasteiger partial charge in [0, 0.05) is 31.9 Å². The van der Waals surface area contributed by atoms with Gasteiger partial charge >= 0.3 is 0 Å². The van der Waals surface area contributed by atoms with E-state index in [0.29, 0.717) is 18.8 Å². The van der Waals surface area contributed by atoms with Crippen LogP contribution < -0.4 is 10.6 Å². The van der Waals surface area contributed by atoms with Crippen LogP contribution in [0.15, 0.2) is 29.2 Å². The van der Waals surface area contributed by atoms with Gasteiger partial charge in [0.25, 0.3) is 5.91 Å². The number of amides is 1. The van der Waals surface area contributed by atoms with Gasteiger partial charge in [0.2, 0.25) is 10.0 Å². The summed E-state index contributed by atoms with van der Waals surface area (Å²) in [4.78, 5) is 12.5. The van der Waals surface area contributed by atoms with Crippen LogP contribution in [0, 0.1) is 0 Å². The van der Waals surface area contributed by atoms with Crippen molar-refractivity contribution in [1.82, 2.24) is 9.62 Å². The van der Waals surface area contributed by atoms with Crippen LogP contribution in [0.3, 0.4) is 0 Å². The van der Waals surface area contributed by atoms with Gasteiger partial charge in [-0.05, 0) is 31.0 Å². The molecular weight excluding hydrogens is 354 g/mol. The highest BCUT2D eigenvalue weighted by molar-refractivity contribution is 7.89. The highest BCUT2D eigenvalue weighted by Gasteiger charge is 2.29. The third kappa shape index (κ3) is 4.43. The number of sulfonamides is 1. The third-order valence-corrected chi connectivity index (χ3v) is 6.99. The SMILES string of the molecule is CN(C1CCCCC1)S(=O)(=O)c1cccc(NC(=O)C2CNCCO2)c1. The van der Waals surface area contributed by atoms with Crippen LogP contribution in [0.2, 0.25) is 0 Å². The van der Waals surface area contributed by atoms with E-state index in [-0.39, 0.29) is 16.8 Å². The molecule has 8 heteroatoms. The Morgan fingerprint density at radius 3 is 2.73 bits per heavy atom. The summed E-state index contributed by atoms with van der Waals surface area (Å²) >= 11 is 0. The maximum atomic E-state index is 12.9. The number of carbonyl (C=O) groups is 1. The quantitative estimate of drug-likeness (QED) is 0.808. The van der Waals surface area contributed by atoms with Crippen molar-refractivity contribution in [3.63, 3.8) is 0 Å². The van der Waals surface area contributed by atoms with Gasteiger partial charge in [-0.2, -0.15) is 4.31 Å². The second kappa shape index (κ2) is 8.47. The van der Waals surface area contributed by atoms with Gasteiger partial charge < -0.3 is 15.4 Å². The lowest BCUT2D eigenvalue weighted by Gasteiger charge is -2.30. The minimum absolute atomic E-state index is 0.0497. The number of hydrogen-bond acceptors (Lipinski definition) is 5. The van der Waals surface area contributed by atoms with Crippen molar-refractivity contribution in [3.8, 4) is 0 Å². The van der Waals surface area contributed by atoms with E-state index in [1.54, 1.807) is 25.2 Å². The second-order valence-electron chi connectivity index (χ2n) is 6.89. The highest BCUT2D eigenvalue weighted by atomic mass is 32.2. The number of ether oxygens (including phenoxy) is 1. The van der Waals surface area contributed by atoms with E-state index in [4.69, 9.17) is 4.74 Å². The summed E-state index contributed by atoms with van der Waals surface area (Å²) in [7, 11) is -1.93. The number of benzene rings is 1. The molecule has 1 saturated carbocycles. The van der Waals surface area contributed by atoms with Crippen LogP contribution in [0.25, 0.3) is 0 Å².